The third-order valence-electron chi connectivity index (χ3n) is 4.25. The highest BCUT2D eigenvalue weighted by Crippen LogP contribution is 2.38. The maximum absolute atomic E-state index is 13.9. The predicted octanol–water partition coefficient (Wildman–Crippen LogP) is 4.64. The van der Waals surface area contributed by atoms with E-state index in [2.05, 4.69) is 10.6 Å². The van der Waals surface area contributed by atoms with Crippen molar-refractivity contribution in [1.29, 1.82) is 0 Å². The Balaban J connectivity index is 1.75. The molecule has 0 aromatic heterocycles. The Morgan fingerprint density at radius 1 is 1.37 bits per heavy atom. The lowest BCUT2D eigenvalue weighted by molar-refractivity contribution is -0.116. The molecule has 1 amide bonds. The zero-order valence-electron chi connectivity index (χ0n) is 15.4. The zero-order valence-corrected chi connectivity index (χ0v) is 16.2. The molecule has 0 aliphatic carbocycles. The van der Waals surface area contributed by atoms with E-state index in [1.54, 1.807) is 6.92 Å². The van der Waals surface area contributed by atoms with E-state index >= 15 is 0 Å². The van der Waals surface area contributed by atoms with E-state index in [4.69, 9.17) is 21.1 Å². The number of anilines is 2. The molecule has 27 heavy (non-hydrogen) atoms. The van der Waals surface area contributed by atoms with Gasteiger partial charge in [-0.1, -0.05) is 11.6 Å². The molecule has 0 unspecified atom stereocenters. The summed E-state index contributed by atoms with van der Waals surface area (Å²) in [6.45, 7) is 6.09. The molecule has 2 N–H and O–H groups in total. The first-order valence-corrected chi connectivity index (χ1v) is 9.24. The quantitative estimate of drug-likeness (QED) is 0.751. The summed E-state index contributed by atoms with van der Waals surface area (Å²) in [7, 11) is 0. The van der Waals surface area contributed by atoms with Crippen LogP contribution >= 0.6 is 11.6 Å². The molecule has 2 aromatic carbocycles. The number of nitrogens with one attached hydrogen (secondary N) is 2. The molecule has 3 rings (SSSR count). The Bertz CT molecular complexity index is 859. The topological polar surface area (TPSA) is 59.6 Å². The summed E-state index contributed by atoms with van der Waals surface area (Å²) < 4.78 is 25.4. The van der Waals surface area contributed by atoms with Gasteiger partial charge in [0.15, 0.2) is 0 Å². The monoisotopic (exact) mass is 392 g/mol. The summed E-state index contributed by atoms with van der Waals surface area (Å²) >= 11 is 5.74. The summed E-state index contributed by atoms with van der Waals surface area (Å²) in [6, 6.07) is 7.26. The molecule has 1 heterocycles. The second-order valence-corrected chi connectivity index (χ2v) is 6.94. The number of carbonyl (C=O) groups excluding carboxylic acids is 1. The fourth-order valence-corrected chi connectivity index (χ4v) is 3.12. The Hall–Kier alpha value is -2.47. The number of hydrogen-bond donors (Lipinski definition) is 2. The van der Waals surface area contributed by atoms with Crippen LogP contribution in [0.1, 0.15) is 26.3 Å². The van der Waals surface area contributed by atoms with Crippen LogP contribution in [0.3, 0.4) is 0 Å². The van der Waals surface area contributed by atoms with Crippen molar-refractivity contribution < 1.29 is 18.7 Å². The Morgan fingerprint density at radius 2 is 2.15 bits per heavy atom. The normalized spacial score (nSPS) is 16.3. The smallest absolute Gasteiger partial charge is 0.246 e. The molecule has 0 spiro atoms. The molecule has 2 aromatic rings. The van der Waals surface area contributed by atoms with E-state index in [0.717, 1.165) is 23.8 Å². The molecule has 5 nitrogen and oxygen atoms in total. The standard InChI is InChI=1S/C20H22ClFN2O3/c1-4-26-19-8-13-7-11(2)27-18(13)10-17(19)23-12(3)20(25)24-16-6-5-14(21)9-15(16)22/h5-6,8-12,23H,4,7H2,1-3H3,(H,24,25)/t11-,12+/m0/s1. The molecular weight excluding hydrogens is 371 g/mol. The zero-order chi connectivity index (χ0) is 19.6. The number of ether oxygens (including phenoxy) is 2. The molecule has 0 radical (unpaired) electrons. The van der Waals surface area contributed by atoms with Crippen molar-refractivity contribution in [2.45, 2.75) is 39.3 Å². The van der Waals surface area contributed by atoms with Gasteiger partial charge in [-0.3, -0.25) is 4.79 Å². The van der Waals surface area contributed by atoms with Crippen molar-refractivity contribution in [2.24, 2.45) is 0 Å². The minimum Gasteiger partial charge on any atom is -0.492 e. The minimum absolute atomic E-state index is 0.0780. The van der Waals surface area contributed by atoms with Gasteiger partial charge in [-0.2, -0.15) is 0 Å². The van der Waals surface area contributed by atoms with Crippen LogP contribution < -0.4 is 20.1 Å². The average molecular weight is 393 g/mol. The van der Waals surface area contributed by atoms with Crippen LogP contribution in [-0.2, 0) is 11.2 Å². The number of halogens is 2. The molecule has 0 saturated carbocycles. The second-order valence-electron chi connectivity index (χ2n) is 6.50. The van der Waals surface area contributed by atoms with Crippen molar-refractivity contribution in [2.75, 3.05) is 17.2 Å². The van der Waals surface area contributed by atoms with Crippen molar-refractivity contribution in [3.63, 3.8) is 0 Å². The van der Waals surface area contributed by atoms with Crippen molar-refractivity contribution >= 4 is 28.9 Å². The number of amides is 1. The van der Waals surface area contributed by atoms with Crippen molar-refractivity contribution in [1.82, 2.24) is 0 Å². The second kappa shape index (κ2) is 8.05. The van der Waals surface area contributed by atoms with Gasteiger partial charge in [-0.05, 0) is 45.0 Å². The minimum atomic E-state index is -0.629. The van der Waals surface area contributed by atoms with Gasteiger partial charge in [0.25, 0.3) is 0 Å². The number of carbonyl (C=O) groups is 1. The highest BCUT2D eigenvalue weighted by atomic mass is 35.5. The fraction of sp³-hybridized carbons (Fsp3) is 0.350. The van der Waals surface area contributed by atoms with Crippen molar-refractivity contribution in [3.05, 3.63) is 46.7 Å². The van der Waals surface area contributed by atoms with Crippen LogP contribution in [0.2, 0.25) is 5.02 Å². The average Bonchev–Trinajstić information content (AvgIpc) is 2.96. The van der Waals surface area contributed by atoms with Gasteiger partial charge in [0.1, 0.15) is 29.5 Å². The third-order valence-corrected chi connectivity index (χ3v) is 4.49. The molecule has 1 aliphatic heterocycles. The number of rotatable bonds is 6. The van der Waals surface area contributed by atoms with Crippen LogP contribution in [0.25, 0.3) is 0 Å². The maximum atomic E-state index is 13.9. The molecule has 2 atom stereocenters. The van der Waals surface area contributed by atoms with Gasteiger partial charge in [0.05, 0.1) is 18.0 Å². The lowest BCUT2D eigenvalue weighted by Crippen LogP contribution is -2.32. The third kappa shape index (κ3) is 4.45. The number of fused-ring (bicyclic) bond motifs is 1. The van der Waals surface area contributed by atoms with Gasteiger partial charge in [0.2, 0.25) is 5.91 Å². The van der Waals surface area contributed by atoms with Crippen LogP contribution in [0.5, 0.6) is 11.5 Å². The van der Waals surface area contributed by atoms with Crippen LogP contribution in [0.4, 0.5) is 15.8 Å². The first-order chi connectivity index (χ1) is 12.9. The first kappa shape index (κ1) is 19.3. The first-order valence-electron chi connectivity index (χ1n) is 8.86. The van der Waals surface area contributed by atoms with Gasteiger partial charge < -0.3 is 20.1 Å². The molecule has 144 valence electrons. The summed E-state index contributed by atoms with van der Waals surface area (Å²) in [5.74, 6) is 0.475. The molecule has 0 saturated heterocycles. The molecule has 1 aliphatic rings. The Kier molecular flexibility index (Phi) is 5.75. The summed E-state index contributed by atoms with van der Waals surface area (Å²) in [4.78, 5) is 12.5. The molecular formula is C20H22ClFN2O3. The van der Waals surface area contributed by atoms with Gasteiger partial charge in [-0.15, -0.1) is 0 Å². The SMILES string of the molecule is CCOc1cc2c(cc1N[C@H](C)C(=O)Nc1ccc(Cl)cc1F)O[C@@H](C)C2. The van der Waals surface area contributed by atoms with Crippen LogP contribution in [0.15, 0.2) is 30.3 Å². The summed E-state index contributed by atoms with van der Waals surface area (Å²) in [5, 5.41) is 5.96. The number of hydrogen-bond acceptors (Lipinski definition) is 4. The van der Waals surface area contributed by atoms with Gasteiger partial charge in [0, 0.05) is 23.1 Å². The predicted molar refractivity (Wildman–Crippen MR) is 105 cm³/mol. The van der Waals surface area contributed by atoms with Crippen molar-refractivity contribution in [3.8, 4) is 11.5 Å². The Morgan fingerprint density at radius 3 is 2.85 bits per heavy atom. The molecule has 0 fully saturated rings. The van der Waals surface area contributed by atoms with E-state index < -0.39 is 11.9 Å². The van der Waals surface area contributed by atoms with E-state index in [9.17, 15) is 9.18 Å². The van der Waals surface area contributed by atoms with E-state index in [1.165, 1.54) is 12.1 Å². The van der Waals surface area contributed by atoms with Crippen LogP contribution in [0, 0.1) is 5.82 Å². The fourth-order valence-electron chi connectivity index (χ4n) is 2.96. The van der Waals surface area contributed by atoms with Gasteiger partial charge in [-0.25, -0.2) is 4.39 Å². The summed E-state index contributed by atoms with van der Waals surface area (Å²) in [6.07, 6.45) is 0.931. The van der Waals surface area contributed by atoms with E-state index in [0.29, 0.717) is 18.0 Å². The lowest BCUT2D eigenvalue weighted by atomic mass is 10.1. The maximum Gasteiger partial charge on any atom is 0.246 e. The van der Waals surface area contributed by atoms with E-state index in [1.807, 2.05) is 26.0 Å². The number of benzene rings is 2. The largest absolute Gasteiger partial charge is 0.492 e. The van der Waals surface area contributed by atoms with Gasteiger partial charge >= 0.3 is 0 Å². The summed E-state index contributed by atoms with van der Waals surface area (Å²) in [5.41, 5.74) is 1.81. The molecule has 7 heteroatoms. The van der Waals surface area contributed by atoms with Crippen LogP contribution in [-0.4, -0.2) is 24.7 Å². The lowest BCUT2D eigenvalue weighted by Gasteiger charge is -2.19. The Labute approximate surface area is 162 Å². The molecule has 0 bridgehead atoms. The van der Waals surface area contributed by atoms with E-state index in [-0.39, 0.29) is 22.7 Å². The highest BCUT2D eigenvalue weighted by Gasteiger charge is 2.23. The highest BCUT2D eigenvalue weighted by molar-refractivity contribution is 6.30.